The fourth-order valence-electron chi connectivity index (χ4n) is 2.83. The summed E-state index contributed by atoms with van der Waals surface area (Å²) in [5.74, 6) is -1.50. The number of sulfone groups is 1. The molecular formula is C16H24O6S. The van der Waals surface area contributed by atoms with Crippen molar-refractivity contribution in [2.24, 2.45) is 0 Å². The van der Waals surface area contributed by atoms with Crippen LogP contribution in [0.15, 0.2) is 12.2 Å². The molecule has 0 amide bonds. The molecule has 0 N–H and O–H groups in total. The Labute approximate surface area is 137 Å². The lowest BCUT2D eigenvalue weighted by molar-refractivity contribution is -0.152. The zero-order valence-electron chi connectivity index (χ0n) is 13.3. The van der Waals surface area contributed by atoms with Gasteiger partial charge >= 0.3 is 11.9 Å². The molecule has 23 heavy (non-hydrogen) atoms. The first-order valence-electron chi connectivity index (χ1n) is 8.14. The molecule has 0 aromatic heterocycles. The van der Waals surface area contributed by atoms with Crippen LogP contribution in [0.5, 0.6) is 0 Å². The molecule has 0 radical (unpaired) electrons. The van der Waals surface area contributed by atoms with Gasteiger partial charge < -0.3 is 9.47 Å². The van der Waals surface area contributed by atoms with Gasteiger partial charge in [-0.1, -0.05) is 25.8 Å². The van der Waals surface area contributed by atoms with Gasteiger partial charge in [-0.3, -0.25) is 4.79 Å². The van der Waals surface area contributed by atoms with Crippen molar-refractivity contribution in [3.05, 3.63) is 12.2 Å². The molecule has 1 saturated heterocycles. The molecule has 2 rings (SSSR count). The second kappa shape index (κ2) is 7.95. The van der Waals surface area contributed by atoms with Gasteiger partial charge in [0, 0.05) is 5.57 Å². The van der Waals surface area contributed by atoms with Crippen LogP contribution in [0.4, 0.5) is 0 Å². The highest BCUT2D eigenvalue weighted by Crippen LogP contribution is 2.21. The van der Waals surface area contributed by atoms with Crippen LogP contribution in [0.2, 0.25) is 0 Å². The Bertz CT molecular complexity index is 545. The fraction of sp³-hybridized carbons (Fsp3) is 0.750. The topological polar surface area (TPSA) is 86.7 Å². The first-order chi connectivity index (χ1) is 10.9. The molecule has 1 aliphatic heterocycles. The van der Waals surface area contributed by atoms with E-state index in [2.05, 4.69) is 6.58 Å². The minimum atomic E-state index is -3.05. The second-order valence-corrected chi connectivity index (χ2v) is 8.50. The van der Waals surface area contributed by atoms with Gasteiger partial charge in [-0.15, -0.1) is 0 Å². The average molecular weight is 344 g/mol. The van der Waals surface area contributed by atoms with Crippen LogP contribution < -0.4 is 0 Å². The van der Waals surface area contributed by atoms with Gasteiger partial charge in [0.15, 0.2) is 9.84 Å². The van der Waals surface area contributed by atoms with Crippen LogP contribution in [-0.2, 0) is 28.9 Å². The van der Waals surface area contributed by atoms with Gasteiger partial charge in [-0.25, -0.2) is 13.2 Å². The second-order valence-electron chi connectivity index (χ2n) is 6.34. The molecule has 7 heteroatoms. The van der Waals surface area contributed by atoms with E-state index in [0.717, 1.165) is 38.5 Å². The Morgan fingerprint density at radius 1 is 0.913 bits per heavy atom. The average Bonchev–Trinajstić information content (AvgIpc) is 2.39. The Morgan fingerprint density at radius 2 is 1.48 bits per heavy atom. The molecule has 2 aliphatic rings. The van der Waals surface area contributed by atoms with Gasteiger partial charge in [0.25, 0.3) is 0 Å². The molecule has 1 saturated carbocycles. The minimum Gasteiger partial charge on any atom is -0.462 e. The van der Waals surface area contributed by atoms with Crippen molar-refractivity contribution in [3.63, 3.8) is 0 Å². The van der Waals surface area contributed by atoms with E-state index in [-0.39, 0.29) is 29.6 Å². The zero-order chi connectivity index (χ0) is 16.9. The summed E-state index contributed by atoms with van der Waals surface area (Å²) in [4.78, 5) is 23.7. The van der Waals surface area contributed by atoms with Crippen molar-refractivity contribution in [2.45, 2.75) is 63.6 Å². The van der Waals surface area contributed by atoms with Gasteiger partial charge in [0.05, 0.1) is 17.9 Å². The molecule has 1 aliphatic carbocycles. The Balaban J connectivity index is 1.71. The predicted octanol–water partition coefficient (Wildman–Crippen LogP) is 1.93. The van der Waals surface area contributed by atoms with E-state index in [9.17, 15) is 18.0 Å². The summed E-state index contributed by atoms with van der Waals surface area (Å²) in [7, 11) is -3.05. The Morgan fingerprint density at radius 3 is 2.04 bits per heavy atom. The molecular weight excluding hydrogens is 320 g/mol. The molecule has 0 atom stereocenters. The maximum atomic E-state index is 11.9. The summed E-state index contributed by atoms with van der Waals surface area (Å²) >= 11 is 0. The molecule has 2 fully saturated rings. The van der Waals surface area contributed by atoms with E-state index < -0.39 is 27.9 Å². The van der Waals surface area contributed by atoms with E-state index in [4.69, 9.17) is 9.47 Å². The highest BCUT2D eigenvalue weighted by molar-refractivity contribution is 7.92. The van der Waals surface area contributed by atoms with Crippen molar-refractivity contribution in [2.75, 3.05) is 11.5 Å². The number of hydrogen-bond donors (Lipinski definition) is 0. The fourth-order valence-corrected chi connectivity index (χ4v) is 4.00. The maximum absolute atomic E-state index is 11.9. The molecule has 0 unspecified atom stereocenters. The predicted molar refractivity (Wildman–Crippen MR) is 84.5 cm³/mol. The van der Waals surface area contributed by atoms with Crippen molar-refractivity contribution >= 4 is 21.8 Å². The smallest absolute Gasteiger partial charge is 0.334 e. The van der Waals surface area contributed by atoms with Crippen LogP contribution in [0.1, 0.15) is 51.4 Å². The van der Waals surface area contributed by atoms with E-state index in [1.54, 1.807) is 0 Å². The molecule has 0 aromatic carbocycles. The summed E-state index contributed by atoms with van der Waals surface area (Å²) in [5.41, 5.74) is 0.00476. The first kappa shape index (κ1) is 18.0. The lowest BCUT2D eigenvalue weighted by atomic mass is 9.98. The van der Waals surface area contributed by atoms with E-state index in [1.165, 1.54) is 6.42 Å². The van der Waals surface area contributed by atoms with Gasteiger partial charge in [0.2, 0.25) is 0 Å². The minimum absolute atomic E-state index is 0.00476. The summed E-state index contributed by atoms with van der Waals surface area (Å²) in [6.07, 6.45) is 6.48. The van der Waals surface area contributed by atoms with Crippen molar-refractivity contribution in [1.29, 1.82) is 0 Å². The SMILES string of the molecule is C=C(CC(=O)OC1CCCCCCC1)C(=O)OC1CS(=O)(=O)C1. The van der Waals surface area contributed by atoms with Crippen molar-refractivity contribution in [1.82, 2.24) is 0 Å². The quantitative estimate of drug-likeness (QED) is 0.559. The molecule has 1 heterocycles. The van der Waals surface area contributed by atoms with Crippen molar-refractivity contribution in [3.8, 4) is 0 Å². The highest BCUT2D eigenvalue weighted by Gasteiger charge is 2.36. The van der Waals surface area contributed by atoms with E-state index >= 15 is 0 Å². The summed E-state index contributed by atoms with van der Waals surface area (Å²) in [6.45, 7) is 3.54. The number of carbonyl (C=O) groups is 2. The van der Waals surface area contributed by atoms with Crippen LogP contribution in [0, 0.1) is 0 Å². The number of ether oxygens (including phenoxy) is 2. The largest absolute Gasteiger partial charge is 0.462 e. The number of hydrogen-bond acceptors (Lipinski definition) is 6. The first-order valence-corrected chi connectivity index (χ1v) is 9.96. The number of rotatable bonds is 5. The third kappa shape index (κ3) is 5.97. The van der Waals surface area contributed by atoms with Crippen LogP contribution in [0.25, 0.3) is 0 Å². The standard InChI is InChI=1S/C16H24O6S/c1-12(16(18)22-14-10-23(19,20)11-14)9-15(17)21-13-7-5-3-2-4-6-8-13/h13-14H,1-11H2. The van der Waals surface area contributed by atoms with Gasteiger partial charge in [-0.2, -0.15) is 0 Å². The van der Waals surface area contributed by atoms with Crippen molar-refractivity contribution < 1.29 is 27.5 Å². The lowest BCUT2D eigenvalue weighted by Gasteiger charge is -2.25. The zero-order valence-corrected chi connectivity index (χ0v) is 14.1. The molecule has 0 aromatic rings. The summed E-state index contributed by atoms with van der Waals surface area (Å²) in [5, 5.41) is 0. The normalized spacial score (nSPS) is 22.3. The van der Waals surface area contributed by atoms with Crippen LogP contribution >= 0.6 is 0 Å². The maximum Gasteiger partial charge on any atom is 0.334 e. The van der Waals surface area contributed by atoms with Gasteiger partial charge in [0.1, 0.15) is 12.2 Å². The summed E-state index contributed by atoms with van der Waals surface area (Å²) < 4.78 is 32.4. The molecule has 6 nitrogen and oxygen atoms in total. The Hall–Kier alpha value is -1.37. The monoisotopic (exact) mass is 344 g/mol. The van der Waals surface area contributed by atoms with E-state index in [1.807, 2.05) is 0 Å². The van der Waals surface area contributed by atoms with E-state index in [0.29, 0.717) is 0 Å². The molecule has 0 bridgehead atoms. The van der Waals surface area contributed by atoms with Crippen LogP contribution in [0.3, 0.4) is 0 Å². The number of esters is 2. The molecule has 130 valence electrons. The third-order valence-corrected chi connectivity index (χ3v) is 5.91. The third-order valence-electron chi connectivity index (χ3n) is 4.15. The molecule has 0 spiro atoms. The Kier molecular flexibility index (Phi) is 6.21. The lowest BCUT2D eigenvalue weighted by Crippen LogP contribution is -2.44. The summed E-state index contributed by atoms with van der Waals surface area (Å²) in [6, 6.07) is 0. The highest BCUT2D eigenvalue weighted by atomic mass is 32.2. The number of carbonyl (C=O) groups excluding carboxylic acids is 2. The van der Waals surface area contributed by atoms with Gasteiger partial charge in [-0.05, 0) is 25.7 Å². The van der Waals surface area contributed by atoms with Crippen LogP contribution in [-0.4, -0.2) is 44.1 Å².